The van der Waals surface area contributed by atoms with Gasteiger partial charge in [-0.2, -0.15) is 5.10 Å². The molecule has 0 bridgehead atoms. The summed E-state index contributed by atoms with van der Waals surface area (Å²) < 4.78 is 1.91. The Kier molecular flexibility index (Phi) is 6.41. The van der Waals surface area contributed by atoms with Crippen LogP contribution in [0, 0.1) is 5.92 Å². The van der Waals surface area contributed by atoms with Crippen LogP contribution < -0.4 is 0 Å². The smallest absolute Gasteiger partial charge is 0.0624 e. The molecule has 1 aromatic heterocycles. The molecule has 0 saturated carbocycles. The van der Waals surface area contributed by atoms with E-state index in [9.17, 15) is 5.11 Å². The van der Waals surface area contributed by atoms with Crippen molar-refractivity contribution in [3.63, 3.8) is 0 Å². The van der Waals surface area contributed by atoms with Gasteiger partial charge >= 0.3 is 0 Å². The first-order chi connectivity index (χ1) is 8.62. The largest absolute Gasteiger partial charge is 0.392 e. The molecule has 1 aromatic rings. The van der Waals surface area contributed by atoms with Gasteiger partial charge < -0.3 is 5.11 Å². The molecule has 0 aromatic carbocycles. The minimum Gasteiger partial charge on any atom is -0.392 e. The van der Waals surface area contributed by atoms with Crippen molar-refractivity contribution in [3.8, 4) is 0 Å². The third kappa shape index (κ3) is 4.13. The van der Waals surface area contributed by atoms with E-state index in [4.69, 9.17) is 0 Å². The van der Waals surface area contributed by atoms with E-state index in [0.29, 0.717) is 5.92 Å². The predicted octanol–water partition coefficient (Wildman–Crippen LogP) is 3.10. The number of aliphatic hydroxyl groups is 1. The second-order valence-corrected chi connectivity index (χ2v) is 5.21. The number of nitrogens with zero attached hydrogens (tertiary/aromatic N) is 2. The second-order valence-electron chi connectivity index (χ2n) is 5.21. The minimum atomic E-state index is -0.231. The third-order valence-electron chi connectivity index (χ3n) is 3.67. The normalized spacial score (nSPS) is 13.2. The van der Waals surface area contributed by atoms with Crippen LogP contribution in [-0.4, -0.2) is 21.0 Å². The van der Waals surface area contributed by atoms with Crippen molar-refractivity contribution < 1.29 is 5.11 Å². The van der Waals surface area contributed by atoms with E-state index in [1.54, 1.807) is 0 Å². The summed E-state index contributed by atoms with van der Waals surface area (Å²) in [6.07, 6.45) is 5.98. The van der Waals surface area contributed by atoms with Gasteiger partial charge in [-0.25, -0.2) is 0 Å². The monoisotopic (exact) mass is 252 g/mol. The van der Waals surface area contributed by atoms with Crippen molar-refractivity contribution >= 4 is 0 Å². The number of rotatable bonds is 8. The lowest BCUT2D eigenvalue weighted by atomic mass is 9.90. The molecule has 3 heteroatoms. The molecule has 0 saturated heterocycles. The molecule has 1 heterocycles. The fraction of sp³-hybridized carbons (Fsp3) is 0.800. The Bertz CT molecular complexity index is 340. The number of aryl methyl sites for hydroxylation is 2. The zero-order valence-electron chi connectivity index (χ0n) is 12.3. The molecule has 0 amide bonds. The highest BCUT2D eigenvalue weighted by Crippen LogP contribution is 2.21. The Morgan fingerprint density at radius 1 is 1.22 bits per heavy atom. The molecule has 1 rings (SSSR count). The lowest BCUT2D eigenvalue weighted by Gasteiger charge is -2.22. The van der Waals surface area contributed by atoms with Gasteiger partial charge in [-0.15, -0.1) is 0 Å². The third-order valence-corrected chi connectivity index (χ3v) is 3.67. The summed E-state index contributed by atoms with van der Waals surface area (Å²) in [4.78, 5) is 0. The summed E-state index contributed by atoms with van der Waals surface area (Å²) in [6.45, 7) is 6.49. The SMILES string of the molecule is CCCC(CCC)C(O)Cc1cc(CC)nn1C. The maximum atomic E-state index is 10.4. The van der Waals surface area contributed by atoms with Crippen LogP contribution in [0.15, 0.2) is 6.07 Å². The number of aromatic nitrogens is 2. The maximum absolute atomic E-state index is 10.4. The minimum absolute atomic E-state index is 0.231. The van der Waals surface area contributed by atoms with E-state index in [0.717, 1.165) is 49.9 Å². The Labute approximate surface area is 111 Å². The summed E-state index contributed by atoms with van der Waals surface area (Å²) >= 11 is 0. The van der Waals surface area contributed by atoms with Crippen LogP contribution in [0.3, 0.4) is 0 Å². The summed E-state index contributed by atoms with van der Waals surface area (Å²) in [5.41, 5.74) is 2.26. The second kappa shape index (κ2) is 7.57. The molecule has 3 nitrogen and oxygen atoms in total. The first kappa shape index (κ1) is 15.2. The van der Waals surface area contributed by atoms with Gasteiger partial charge in [-0.3, -0.25) is 4.68 Å². The summed E-state index contributed by atoms with van der Waals surface area (Å²) in [7, 11) is 1.97. The van der Waals surface area contributed by atoms with Crippen LogP contribution in [0.2, 0.25) is 0 Å². The van der Waals surface area contributed by atoms with Crippen LogP contribution in [-0.2, 0) is 19.9 Å². The quantitative estimate of drug-likeness (QED) is 0.772. The Balaban J connectivity index is 2.65. The lowest BCUT2D eigenvalue weighted by Crippen LogP contribution is -2.24. The molecule has 0 fully saturated rings. The summed E-state index contributed by atoms with van der Waals surface area (Å²) in [5, 5.41) is 14.8. The molecule has 18 heavy (non-hydrogen) atoms. The molecular weight excluding hydrogens is 224 g/mol. The van der Waals surface area contributed by atoms with E-state index in [1.165, 1.54) is 0 Å². The number of hydrogen-bond acceptors (Lipinski definition) is 2. The number of aliphatic hydroxyl groups excluding tert-OH is 1. The van der Waals surface area contributed by atoms with Crippen LogP contribution in [0.5, 0.6) is 0 Å². The Morgan fingerprint density at radius 3 is 2.28 bits per heavy atom. The van der Waals surface area contributed by atoms with E-state index in [1.807, 2.05) is 11.7 Å². The molecule has 1 atom stereocenters. The molecule has 0 aliphatic carbocycles. The highest BCUT2D eigenvalue weighted by atomic mass is 16.3. The van der Waals surface area contributed by atoms with E-state index in [2.05, 4.69) is 31.9 Å². The molecule has 0 aliphatic heterocycles. The van der Waals surface area contributed by atoms with Crippen LogP contribution in [0.1, 0.15) is 57.8 Å². The molecule has 1 N–H and O–H groups in total. The van der Waals surface area contributed by atoms with Crippen molar-refractivity contribution in [1.82, 2.24) is 9.78 Å². The first-order valence-electron chi connectivity index (χ1n) is 7.32. The first-order valence-corrected chi connectivity index (χ1v) is 7.32. The van der Waals surface area contributed by atoms with E-state index >= 15 is 0 Å². The highest BCUT2D eigenvalue weighted by molar-refractivity contribution is 5.11. The fourth-order valence-corrected chi connectivity index (χ4v) is 2.59. The van der Waals surface area contributed by atoms with Crippen molar-refractivity contribution in [2.75, 3.05) is 0 Å². The van der Waals surface area contributed by atoms with Gasteiger partial charge in [0.2, 0.25) is 0 Å². The van der Waals surface area contributed by atoms with Crippen LogP contribution in [0.25, 0.3) is 0 Å². The van der Waals surface area contributed by atoms with Crippen molar-refractivity contribution in [2.45, 2.75) is 65.4 Å². The zero-order chi connectivity index (χ0) is 13.5. The van der Waals surface area contributed by atoms with Gasteiger partial charge in [0.05, 0.1) is 11.8 Å². The molecule has 1 unspecified atom stereocenters. The summed E-state index contributed by atoms with van der Waals surface area (Å²) in [5.74, 6) is 0.431. The molecule has 0 radical (unpaired) electrons. The van der Waals surface area contributed by atoms with E-state index < -0.39 is 0 Å². The van der Waals surface area contributed by atoms with Gasteiger partial charge in [0.1, 0.15) is 0 Å². The van der Waals surface area contributed by atoms with E-state index in [-0.39, 0.29) is 6.10 Å². The van der Waals surface area contributed by atoms with Gasteiger partial charge in [-0.05, 0) is 31.2 Å². The van der Waals surface area contributed by atoms with Crippen LogP contribution in [0.4, 0.5) is 0 Å². The lowest BCUT2D eigenvalue weighted by molar-refractivity contribution is 0.0945. The topological polar surface area (TPSA) is 38.1 Å². The Hall–Kier alpha value is -0.830. The predicted molar refractivity (Wildman–Crippen MR) is 75.6 cm³/mol. The van der Waals surface area contributed by atoms with Crippen molar-refractivity contribution in [1.29, 1.82) is 0 Å². The molecule has 0 aliphatic rings. The van der Waals surface area contributed by atoms with Gasteiger partial charge in [-0.1, -0.05) is 33.6 Å². The molecule has 104 valence electrons. The summed E-state index contributed by atoms with van der Waals surface area (Å²) in [6, 6.07) is 2.12. The average molecular weight is 252 g/mol. The number of hydrogen-bond donors (Lipinski definition) is 1. The molecular formula is C15H28N2O. The van der Waals surface area contributed by atoms with Gasteiger partial charge in [0.25, 0.3) is 0 Å². The van der Waals surface area contributed by atoms with Gasteiger partial charge in [0.15, 0.2) is 0 Å². The standard InChI is InChI=1S/C15H28N2O/c1-5-8-12(9-6-2)15(18)11-14-10-13(7-3)16-17(14)4/h10,12,15,18H,5-9,11H2,1-4H3. The van der Waals surface area contributed by atoms with Crippen LogP contribution >= 0.6 is 0 Å². The van der Waals surface area contributed by atoms with Crippen molar-refractivity contribution in [3.05, 3.63) is 17.5 Å². The van der Waals surface area contributed by atoms with Crippen molar-refractivity contribution in [2.24, 2.45) is 13.0 Å². The fourth-order valence-electron chi connectivity index (χ4n) is 2.59. The Morgan fingerprint density at radius 2 is 1.83 bits per heavy atom. The highest BCUT2D eigenvalue weighted by Gasteiger charge is 2.19. The van der Waals surface area contributed by atoms with Gasteiger partial charge in [0, 0.05) is 19.2 Å². The zero-order valence-corrected chi connectivity index (χ0v) is 12.3. The average Bonchev–Trinajstić information content (AvgIpc) is 2.70. The maximum Gasteiger partial charge on any atom is 0.0624 e. The molecule has 0 spiro atoms.